The molecule has 0 bridgehead atoms. The fraction of sp³-hybridized carbons (Fsp3) is 0.0294. The van der Waals surface area contributed by atoms with Crippen LogP contribution in [-0.2, 0) is 5.41 Å². The zero-order valence-electron chi connectivity index (χ0n) is 19.5. The van der Waals surface area contributed by atoms with Gasteiger partial charge in [0.25, 0.3) is 0 Å². The molecule has 0 unspecified atom stereocenters. The van der Waals surface area contributed by atoms with Crippen molar-refractivity contribution in [1.82, 2.24) is 0 Å². The topological polar surface area (TPSA) is 13.6 Å². The molecule has 7 rings (SSSR count). The summed E-state index contributed by atoms with van der Waals surface area (Å²) in [5.74, 6) is 1.76. The van der Waals surface area contributed by atoms with Crippen molar-refractivity contribution in [2.24, 2.45) is 0 Å². The van der Waals surface area contributed by atoms with Crippen LogP contribution in [0.15, 0.2) is 115 Å². The quantitative estimate of drug-likeness (QED) is 0.224. The molecule has 0 amide bonds. The fourth-order valence-corrected chi connectivity index (χ4v) is 5.82. The Hall–Kier alpha value is -4.87. The van der Waals surface area contributed by atoms with Gasteiger partial charge in [-0.05, 0) is 51.6 Å². The van der Waals surface area contributed by atoms with Gasteiger partial charge >= 0.3 is 0 Å². The second-order valence-corrected chi connectivity index (χ2v) is 9.23. The highest BCUT2D eigenvalue weighted by Crippen LogP contribution is 2.57. The van der Waals surface area contributed by atoms with Gasteiger partial charge in [0.2, 0.25) is 0 Å². The maximum Gasteiger partial charge on any atom is 0.187 e. The number of hydrogen-bond donors (Lipinski definition) is 0. The largest absolute Gasteiger partial charge is 0.457 e. The Morgan fingerprint density at radius 1 is 0.528 bits per heavy atom. The van der Waals surface area contributed by atoms with Crippen molar-refractivity contribution in [3.63, 3.8) is 0 Å². The minimum atomic E-state index is -0.548. The van der Waals surface area contributed by atoms with Gasteiger partial charge in [0.1, 0.15) is 11.5 Å². The van der Waals surface area contributed by atoms with Crippen LogP contribution in [0, 0.1) is 6.57 Å². The summed E-state index contributed by atoms with van der Waals surface area (Å²) in [6.07, 6.45) is 4.46. The second-order valence-electron chi connectivity index (χ2n) is 9.23. The van der Waals surface area contributed by atoms with Crippen LogP contribution in [0.4, 0.5) is 5.69 Å². The molecule has 168 valence electrons. The minimum absolute atomic E-state index is 0.548. The van der Waals surface area contributed by atoms with E-state index in [0.29, 0.717) is 5.69 Å². The van der Waals surface area contributed by atoms with Crippen LogP contribution in [0.5, 0.6) is 11.5 Å². The lowest BCUT2D eigenvalue weighted by atomic mass is 9.62. The predicted octanol–water partition coefficient (Wildman–Crippen LogP) is 8.88. The van der Waals surface area contributed by atoms with Crippen molar-refractivity contribution in [1.29, 1.82) is 0 Å². The monoisotopic (exact) mass is 459 g/mol. The molecule has 36 heavy (non-hydrogen) atoms. The standard InChI is InChI=1S/C34H21NO/c1-35-27-20-18-23(19-21-27)26-17-16-25-15-14-24-8-2-3-9-28(24)34(31(25)22-26)29-10-4-6-12-32(29)36-33-13-7-5-11-30(33)34/h2-22H. The molecule has 0 saturated heterocycles. The third-order valence-electron chi connectivity index (χ3n) is 7.40. The SMILES string of the molecule is [C-]#[N+]c1ccc(-c2ccc3c(c2)C2(c4ccccc4C=C3)c3ccccc3Oc3ccccc32)cc1. The number of rotatable bonds is 1. The molecule has 0 fully saturated rings. The first-order valence-corrected chi connectivity index (χ1v) is 12.1. The molecule has 0 N–H and O–H groups in total. The summed E-state index contributed by atoms with van der Waals surface area (Å²) in [6, 6.07) is 40.1. The number of ether oxygens (including phenoxy) is 1. The first kappa shape index (κ1) is 20.5. The average Bonchev–Trinajstić information content (AvgIpc) is 3.09. The highest BCUT2D eigenvalue weighted by atomic mass is 16.5. The molecule has 0 aromatic heterocycles. The Labute approximate surface area is 210 Å². The fourth-order valence-electron chi connectivity index (χ4n) is 5.82. The molecule has 0 atom stereocenters. The van der Waals surface area contributed by atoms with Crippen LogP contribution in [0.25, 0.3) is 28.1 Å². The Bertz CT molecular complexity index is 1670. The first-order chi connectivity index (χ1) is 17.8. The highest BCUT2D eigenvalue weighted by molar-refractivity contribution is 5.85. The van der Waals surface area contributed by atoms with E-state index in [1.807, 2.05) is 36.4 Å². The predicted molar refractivity (Wildman–Crippen MR) is 145 cm³/mol. The smallest absolute Gasteiger partial charge is 0.187 e. The summed E-state index contributed by atoms with van der Waals surface area (Å²) < 4.78 is 6.47. The van der Waals surface area contributed by atoms with E-state index in [1.165, 1.54) is 22.3 Å². The summed E-state index contributed by atoms with van der Waals surface area (Å²) >= 11 is 0. The number of nitrogens with zero attached hydrogens (tertiary/aromatic N) is 1. The molecule has 1 heterocycles. The second kappa shape index (κ2) is 7.83. The van der Waals surface area contributed by atoms with E-state index in [2.05, 4.69) is 95.9 Å². The van der Waals surface area contributed by atoms with Crippen molar-refractivity contribution in [3.8, 4) is 22.6 Å². The third kappa shape index (κ3) is 2.84. The highest BCUT2D eigenvalue weighted by Gasteiger charge is 2.47. The lowest BCUT2D eigenvalue weighted by molar-refractivity contribution is 0.434. The van der Waals surface area contributed by atoms with Crippen molar-refractivity contribution in [2.45, 2.75) is 5.41 Å². The van der Waals surface area contributed by atoms with E-state index in [-0.39, 0.29) is 0 Å². The van der Waals surface area contributed by atoms with Gasteiger partial charge in [0.15, 0.2) is 5.69 Å². The van der Waals surface area contributed by atoms with Crippen LogP contribution in [0.1, 0.15) is 33.4 Å². The van der Waals surface area contributed by atoms with E-state index in [0.717, 1.165) is 33.8 Å². The Morgan fingerprint density at radius 2 is 1.08 bits per heavy atom. The molecule has 2 heteroatoms. The summed E-state index contributed by atoms with van der Waals surface area (Å²) in [4.78, 5) is 3.56. The summed E-state index contributed by atoms with van der Waals surface area (Å²) in [6.45, 7) is 7.31. The Balaban J connectivity index is 1.62. The minimum Gasteiger partial charge on any atom is -0.457 e. The Kier molecular flexibility index (Phi) is 4.46. The van der Waals surface area contributed by atoms with Crippen molar-refractivity contribution in [2.75, 3.05) is 0 Å². The van der Waals surface area contributed by atoms with E-state index in [1.54, 1.807) is 0 Å². The van der Waals surface area contributed by atoms with Crippen LogP contribution >= 0.6 is 0 Å². The van der Waals surface area contributed by atoms with Crippen molar-refractivity contribution >= 4 is 17.8 Å². The van der Waals surface area contributed by atoms with Gasteiger partial charge < -0.3 is 4.74 Å². The normalized spacial score (nSPS) is 13.9. The van der Waals surface area contributed by atoms with E-state index < -0.39 is 5.41 Å². The zero-order chi connectivity index (χ0) is 24.1. The van der Waals surface area contributed by atoms with Gasteiger partial charge in [-0.25, -0.2) is 4.85 Å². The van der Waals surface area contributed by atoms with Gasteiger partial charge in [-0.1, -0.05) is 109 Å². The van der Waals surface area contributed by atoms with E-state index >= 15 is 0 Å². The molecule has 5 aromatic carbocycles. The molecular weight excluding hydrogens is 438 g/mol. The molecule has 1 aliphatic heterocycles. The van der Waals surface area contributed by atoms with Crippen molar-refractivity contribution < 1.29 is 4.74 Å². The summed E-state index contributed by atoms with van der Waals surface area (Å²) in [5, 5.41) is 0. The Morgan fingerprint density at radius 3 is 1.75 bits per heavy atom. The van der Waals surface area contributed by atoms with Gasteiger partial charge in [-0.2, -0.15) is 0 Å². The number of benzene rings is 5. The van der Waals surface area contributed by atoms with Crippen molar-refractivity contribution in [3.05, 3.63) is 160 Å². The third-order valence-corrected chi connectivity index (χ3v) is 7.40. The number of fused-ring (bicyclic) bond motifs is 8. The zero-order valence-corrected chi connectivity index (χ0v) is 19.5. The molecular formula is C34H21NO. The van der Waals surface area contributed by atoms with Crippen LogP contribution in [0.2, 0.25) is 0 Å². The average molecular weight is 460 g/mol. The van der Waals surface area contributed by atoms with Gasteiger partial charge in [0.05, 0.1) is 12.0 Å². The molecule has 1 aliphatic carbocycles. The first-order valence-electron chi connectivity index (χ1n) is 12.1. The molecule has 2 aliphatic rings. The molecule has 0 saturated carbocycles. The molecule has 0 radical (unpaired) electrons. The summed E-state index contributed by atoms with van der Waals surface area (Å²) in [7, 11) is 0. The maximum absolute atomic E-state index is 7.31. The summed E-state index contributed by atoms with van der Waals surface area (Å²) in [5.41, 5.74) is 9.43. The van der Waals surface area contributed by atoms with Gasteiger partial charge in [-0.3, -0.25) is 0 Å². The van der Waals surface area contributed by atoms with E-state index in [9.17, 15) is 0 Å². The lowest BCUT2D eigenvalue weighted by Gasteiger charge is -2.42. The number of hydrogen-bond acceptors (Lipinski definition) is 1. The van der Waals surface area contributed by atoms with E-state index in [4.69, 9.17) is 11.3 Å². The van der Waals surface area contributed by atoms with Crippen LogP contribution < -0.4 is 4.74 Å². The van der Waals surface area contributed by atoms with Crippen LogP contribution in [-0.4, -0.2) is 0 Å². The van der Waals surface area contributed by atoms with Gasteiger partial charge in [-0.15, -0.1) is 0 Å². The van der Waals surface area contributed by atoms with Crippen LogP contribution in [0.3, 0.4) is 0 Å². The molecule has 5 aromatic rings. The van der Waals surface area contributed by atoms with Gasteiger partial charge in [0, 0.05) is 11.1 Å². The number of para-hydroxylation sites is 2. The maximum atomic E-state index is 7.31. The lowest BCUT2D eigenvalue weighted by Crippen LogP contribution is -2.35. The molecule has 1 spiro atoms. The molecule has 2 nitrogen and oxygen atoms in total.